The van der Waals surface area contributed by atoms with Gasteiger partial charge in [0, 0.05) is 5.69 Å². The molecule has 1 aliphatic heterocycles. The smallest absolute Gasteiger partial charge is 0.232 e. The van der Waals surface area contributed by atoms with Crippen LogP contribution in [0.3, 0.4) is 0 Å². The number of fused-ring (bicyclic) bond motifs is 1. The molecule has 0 radical (unpaired) electrons. The van der Waals surface area contributed by atoms with Gasteiger partial charge in [0.05, 0.1) is 27.2 Å². The Labute approximate surface area is 135 Å². The molecule has 2 aromatic carbocycles. The molecular weight excluding hydrogens is 294 g/mol. The van der Waals surface area contributed by atoms with Crippen LogP contribution in [0.4, 0.5) is 5.69 Å². The summed E-state index contributed by atoms with van der Waals surface area (Å²) in [5, 5.41) is 2.92. The van der Waals surface area contributed by atoms with Crippen molar-refractivity contribution in [3.05, 3.63) is 47.5 Å². The van der Waals surface area contributed by atoms with E-state index in [9.17, 15) is 4.79 Å². The molecule has 1 heterocycles. The number of carbonyl (C=O) groups is 1. The molecule has 1 aliphatic rings. The van der Waals surface area contributed by atoms with Crippen molar-refractivity contribution in [1.29, 1.82) is 0 Å². The Kier molecular flexibility index (Phi) is 4.10. The molecule has 1 atom stereocenters. The van der Waals surface area contributed by atoms with E-state index in [1.54, 1.807) is 21.3 Å². The van der Waals surface area contributed by atoms with Crippen molar-refractivity contribution < 1.29 is 19.0 Å². The quantitative estimate of drug-likeness (QED) is 0.922. The molecular formula is C18H19NO4. The first-order valence-corrected chi connectivity index (χ1v) is 7.37. The molecule has 1 unspecified atom stereocenters. The van der Waals surface area contributed by atoms with E-state index in [1.165, 1.54) is 0 Å². The van der Waals surface area contributed by atoms with Gasteiger partial charge in [-0.3, -0.25) is 4.79 Å². The van der Waals surface area contributed by atoms with Crippen LogP contribution in [0.1, 0.15) is 17.0 Å². The number of ether oxygens (including phenoxy) is 3. The van der Waals surface area contributed by atoms with Gasteiger partial charge in [-0.05, 0) is 29.7 Å². The first kappa shape index (κ1) is 15.2. The van der Waals surface area contributed by atoms with Crippen LogP contribution in [0.2, 0.25) is 0 Å². The van der Waals surface area contributed by atoms with Gasteiger partial charge in [-0.2, -0.15) is 0 Å². The summed E-state index contributed by atoms with van der Waals surface area (Å²) in [6.45, 7) is 0. The van der Waals surface area contributed by atoms with E-state index < -0.39 is 0 Å². The predicted molar refractivity (Wildman–Crippen MR) is 87.6 cm³/mol. The summed E-state index contributed by atoms with van der Waals surface area (Å²) in [6, 6.07) is 11.5. The highest BCUT2D eigenvalue weighted by Gasteiger charge is 2.31. The number of para-hydroxylation sites is 1. The lowest BCUT2D eigenvalue weighted by molar-refractivity contribution is -0.117. The number of hydrogen-bond donors (Lipinski definition) is 1. The second kappa shape index (κ2) is 6.20. The normalized spacial score (nSPS) is 15.8. The monoisotopic (exact) mass is 313 g/mol. The average molecular weight is 313 g/mol. The lowest BCUT2D eigenvalue weighted by atomic mass is 9.92. The Balaban J connectivity index is 1.99. The average Bonchev–Trinajstić information content (AvgIpc) is 2.90. The fourth-order valence-corrected chi connectivity index (χ4v) is 3.02. The fraction of sp³-hybridized carbons (Fsp3) is 0.278. The zero-order valence-corrected chi connectivity index (χ0v) is 13.4. The molecule has 0 saturated carbocycles. The number of methoxy groups -OCH3 is 3. The number of carbonyl (C=O) groups excluding carboxylic acids is 1. The van der Waals surface area contributed by atoms with Crippen molar-refractivity contribution in [2.45, 2.75) is 12.3 Å². The van der Waals surface area contributed by atoms with Crippen LogP contribution in [0.5, 0.6) is 17.2 Å². The van der Waals surface area contributed by atoms with Crippen molar-refractivity contribution in [2.24, 2.45) is 0 Å². The van der Waals surface area contributed by atoms with Crippen LogP contribution in [0, 0.1) is 0 Å². The molecule has 5 nitrogen and oxygen atoms in total. The fourth-order valence-electron chi connectivity index (χ4n) is 3.02. The molecule has 23 heavy (non-hydrogen) atoms. The third kappa shape index (κ3) is 2.59. The van der Waals surface area contributed by atoms with Gasteiger partial charge in [0.25, 0.3) is 0 Å². The van der Waals surface area contributed by atoms with E-state index >= 15 is 0 Å². The number of nitrogens with one attached hydrogen (secondary N) is 1. The van der Waals surface area contributed by atoms with Crippen LogP contribution in [-0.2, 0) is 11.2 Å². The number of anilines is 1. The Morgan fingerprint density at radius 2 is 1.70 bits per heavy atom. The third-order valence-corrected chi connectivity index (χ3v) is 4.12. The van der Waals surface area contributed by atoms with Crippen molar-refractivity contribution in [3.8, 4) is 17.2 Å². The zero-order valence-electron chi connectivity index (χ0n) is 13.4. The van der Waals surface area contributed by atoms with Gasteiger partial charge < -0.3 is 19.5 Å². The Morgan fingerprint density at radius 1 is 0.957 bits per heavy atom. The summed E-state index contributed by atoms with van der Waals surface area (Å²) in [7, 11) is 4.74. The molecule has 0 spiro atoms. The summed E-state index contributed by atoms with van der Waals surface area (Å²) in [4.78, 5) is 12.3. The maximum absolute atomic E-state index is 12.3. The van der Waals surface area contributed by atoms with Crippen LogP contribution in [-0.4, -0.2) is 27.2 Å². The molecule has 120 valence electrons. The summed E-state index contributed by atoms with van der Waals surface area (Å²) in [5.74, 6) is 1.51. The molecule has 5 heteroatoms. The van der Waals surface area contributed by atoms with Crippen LogP contribution >= 0.6 is 0 Å². The van der Waals surface area contributed by atoms with Crippen LogP contribution in [0.15, 0.2) is 36.4 Å². The second-order valence-corrected chi connectivity index (χ2v) is 5.33. The minimum atomic E-state index is -0.238. The van der Waals surface area contributed by atoms with E-state index in [-0.39, 0.29) is 11.8 Å². The first-order valence-electron chi connectivity index (χ1n) is 7.37. The number of benzene rings is 2. The van der Waals surface area contributed by atoms with Gasteiger partial charge >= 0.3 is 0 Å². The van der Waals surface area contributed by atoms with Gasteiger partial charge in [-0.25, -0.2) is 0 Å². The highest BCUT2D eigenvalue weighted by Crippen LogP contribution is 2.43. The Bertz CT molecular complexity index is 742. The molecule has 1 N–H and O–H groups in total. The first-order chi connectivity index (χ1) is 11.2. The van der Waals surface area contributed by atoms with E-state index in [2.05, 4.69) is 5.32 Å². The molecule has 0 aliphatic carbocycles. The summed E-state index contributed by atoms with van der Waals surface area (Å²) < 4.78 is 16.2. The van der Waals surface area contributed by atoms with Gasteiger partial charge in [0.1, 0.15) is 0 Å². The number of hydrogen-bond acceptors (Lipinski definition) is 4. The molecule has 0 fully saturated rings. The lowest BCUT2D eigenvalue weighted by Gasteiger charge is -2.17. The van der Waals surface area contributed by atoms with Gasteiger partial charge in [-0.1, -0.05) is 24.3 Å². The molecule has 0 bridgehead atoms. The van der Waals surface area contributed by atoms with Gasteiger partial charge in [-0.15, -0.1) is 0 Å². The van der Waals surface area contributed by atoms with Crippen LogP contribution in [0.25, 0.3) is 0 Å². The predicted octanol–water partition coefficient (Wildman–Crippen LogP) is 2.99. The van der Waals surface area contributed by atoms with E-state index in [1.807, 2.05) is 36.4 Å². The molecule has 2 aromatic rings. The number of amides is 1. The van der Waals surface area contributed by atoms with E-state index in [0.29, 0.717) is 23.7 Å². The topological polar surface area (TPSA) is 56.8 Å². The standard InChI is InChI=1S/C18H19NO4/c1-21-15-9-8-11(16(22-2)17(15)23-3)10-13-12-6-4-5-7-14(12)19-18(13)20/h4-9,13H,10H2,1-3H3,(H,19,20). The van der Waals surface area contributed by atoms with Crippen LogP contribution < -0.4 is 19.5 Å². The van der Waals surface area contributed by atoms with Crippen molar-refractivity contribution in [2.75, 3.05) is 26.6 Å². The third-order valence-electron chi connectivity index (χ3n) is 4.12. The van der Waals surface area contributed by atoms with Gasteiger partial charge in [0.2, 0.25) is 11.7 Å². The minimum absolute atomic E-state index is 0.00281. The zero-order chi connectivity index (χ0) is 16.4. The Morgan fingerprint density at radius 3 is 2.39 bits per heavy atom. The molecule has 0 aromatic heterocycles. The van der Waals surface area contributed by atoms with Crippen molar-refractivity contribution >= 4 is 11.6 Å². The minimum Gasteiger partial charge on any atom is -0.493 e. The van der Waals surface area contributed by atoms with E-state index in [4.69, 9.17) is 14.2 Å². The molecule has 0 saturated heterocycles. The molecule has 1 amide bonds. The van der Waals surface area contributed by atoms with Gasteiger partial charge in [0.15, 0.2) is 11.5 Å². The molecule has 3 rings (SSSR count). The number of rotatable bonds is 5. The maximum atomic E-state index is 12.3. The van der Waals surface area contributed by atoms with Crippen molar-refractivity contribution in [3.63, 3.8) is 0 Å². The second-order valence-electron chi connectivity index (χ2n) is 5.33. The maximum Gasteiger partial charge on any atom is 0.232 e. The van der Waals surface area contributed by atoms with E-state index in [0.717, 1.165) is 16.8 Å². The highest BCUT2D eigenvalue weighted by molar-refractivity contribution is 6.03. The summed E-state index contributed by atoms with van der Waals surface area (Å²) in [6.07, 6.45) is 0.534. The summed E-state index contributed by atoms with van der Waals surface area (Å²) >= 11 is 0. The SMILES string of the molecule is COc1ccc(CC2C(=O)Nc3ccccc32)c(OC)c1OC. The summed E-state index contributed by atoms with van der Waals surface area (Å²) in [5.41, 5.74) is 2.79. The largest absolute Gasteiger partial charge is 0.493 e. The lowest BCUT2D eigenvalue weighted by Crippen LogP contribution is -2.15. The Hall–Kier alpha value is -2.69. The van der Waals surface area contributed by atoms with Crippen molar-refractivity contribution in [1.82, 2.24) is 0 Å². The highest BCUT2D eigenvalue weighted by atomic mass is 16.5.